The van der Waals surface area contributed by atoms with Gasteiger partial charge < -0.3 is 4.74 Å². The number of ether oxygens (including phenoxy) is 1. The van der Waals surface area contributed by atoms with Crippen molar-refractivity contribution < 1.29 is 4.74 Å². The number of rotatable bonds is 6. The molecule has 4 nitrogen and oxygen atoms in total. The Bertz CT molecular complexity index is 741. The van der Waals surface area contributed by atoms with Crippen LogP contribution in [-0.4, -0.2) is 29.0 Å². The standard InChI is InChI=1S/C17H20N2O2S2/c1-12-3-5-13(6-4-12)11-23-17-18-14-7-10-22-15(14)16(20)19(17)8-9-21-2/h3-6H,7-11H2,1-2H3. The number of aryl methyl sites for hydroxylation is 2. The van der Waals surface area contributed by atoms with Gasteiger partial charge in [0, 0.05) is 25.0 Å². The molecule has 0 aliphatic carbocycles. The summed E-state index contributed by atoms with van der Waals surface area (Å²) in [6.07, 6.45) is 0.887. The first-order chi connectivity index (χ1) is 11.2. The normalized spacial score (nSPS) is 13.3. The van der Waals surface area contributed by atoms with E-state index in [0.717, 1.165) is 33.7 Å². The molecule has 1 aliphatic rings. The van der Waals surface area contributed by atoms with Crippen LogP contribution in [0.5, 0.6) is 0 Å². The fourth-order valence-corrected chi connectivity index (χ4v) is 4.49. The predicted molar refractivity (Wildman–Crippen MR) is 95.5 cm³/mol. The molecule has 6 heteroatoms. The third kappa shape index (κ3) is 3.82. The van der Waals surface area contributed by atoms with E-state index in [2.05, 4.69) is 31.2 Å². The van der Waals surface area contributed by atoms with Gasteiger partial charge in [0.2, 0.25) is 0 Å². The van der Waals surface area contributed by atoms with Crippen molar-refractivity contribution in [1.29, 1.82) is 0 Å². The Balaban J connectivity index is 1.86. The molecule has 1 aliphatic heterocycles. The molecule has 0 atom stereocenters. The third-order valence-corrected chi connectivity index (χ3v) is 5.91. The van der Waals surface area contributed by atoms with E-state index in [1.165, 1.54) is 11.1 Å². The molecule has 0 unspecified atom stereocenters. The number of methoxy groups -OCH3 is 1. The number of hydrogen-bond acceptors (Lipinski definition) is 5. The summed E-state index contributed by atoms with van der Waals surface area (Å²) in [5.74, 6) is 1.76. The number of fused-ring (bicyclic) bond motifs is 1. The van der Waals surface area contributed by atoms with Crippen molar-refractivity contribution in [1.82, 2.24) is 9.55 Å². The minimum atomic E-state index is 0.0842. The van der Waals surface area contributed by atoms with Gasteiger partial charge in [-0.1, -0.05) is 41.6 Å². The zero-order valence-corrected chi connectivity index (χ0v) is 15.0. The van der Waals surface area contributed by atoms with E-state index in [1.54, 1.807) is 35.2 Å². The first-order valence-corrected chi connectivity index (χ1v) is 9.60. The van der Waals surface area contributed by atoms with E-state index < -0.39 is 0 Å². The van der Waals surface area contributed by atoms with Crippen LogP contribution in [0.2, 0.25) is 0 Å². The van der Waals surface area contributed by atoms with E-state index in [4.69, 9.17) is 9.72 Å². The smallest absolute Gasteiger partial charge is 0.268 e. The van der Waals surface area contributed by atoms with Crippen molar-refractivity contribution in [3.63, 3.8) is 0 Å². The van der Waals surface area contributed by atoms with Crippen LogP contribution in [0, 0.1) is 6.92 Å². The molecule has 0 saturated carbocycles. The highest BCUT2D eigenvalue weighted by atomic mass is 32.2. The number of benzene rings is 1. The van der Waals surface area contributed by atoms with Crippen LogP contribution in [0.25, 0.3) is 0 Å². The molecule has 23 heavy (non-hydrogen) atoms. The maximum absolute atomic E-state index is 12.7. The van der Waals surface area contributed by atoms with E-state index >= 15 is 0 Å². The molecule has 2 heterocycles. The Morgan fingerprint density at radius 3 is 2.87 bits per heavy atom. The van der Waals surface area contributed by atoms with E-state index in [-0.39, 0.29) is 5.56 Å². The van der Waals surface area contributed by atoms with Gasteiger partial charge in [-0.05, 0) is 12.5 Å². The monoisotopic (exact) mass is 348 g/mol. The van der Waals surface area contributed by atoms with Gasteiger partial charge in [-0.2, -0.15) is 0 Å². The Labute approximate surface area is 144 Å². The lowest BCUT2D eigenvalue weighted by Crippen LogP contribution is -2.27. The average molecular weight is 348 g/mol. The first kappa shape index (κ1) is 16.6. The summed E-state index contributed by atoms with van der Waals surface area (Å²) >= 11 is 3.24. The quantitative estimate of drug-likeness (QED) is 0.593. The van der Waals surface area contributed by atoms with Crippen molar-refractivity contribution in [2.24, 2.45) is 0 Å². The van der Waals surface area contributed by atoms with Gasteiger partial charge in [0.1, 0.15) is 0 Å². The maximum Gasteiger partial charge on any atom is 0.268 e. The lowest BCUT2D eigenvalue weighted by Gasteiger charge is -2.13. The fourth-order valence-electron chi connectivity index (χ4n) is 2.45. The molecule has 0 fully saturated rings. The van der Waals surface area contributed by atoms with Crippen LogP contribution in [0.4, 0.5) is 0 Å². The highest BCUT2D eigenvalue weighted by Crippen LogP contribution is 2.29. The van der Waals surface area contributed by atoms with Crippen LogP contribution >= 0.6 is 23.5 Å². The first-order valence-electron chi connectivity index (χ1n) is 7.63. The van der Waals surface area contributed by atoms with Crippen molar-refractivity contribution in [3.05, 3.63) is 51.4 Å². The Morgan fingerprint density at radius 1 is 1.35 bits per heavy atom. The summed E-state index contributed by atoms with van der Waals surface area (Å²) in [6, 6.07) is 8.48. The molecule has 0 N–H and O–H groups in total. The van der Waals surface area contributed by atoms with Crippen molar-refractivity contribution in [2.75, 3.05) is 19.5 Å². The van der Waals surface area contributed by atoms with Crippen molar-refractivity contribution in [2.45, 2.75) is 35.7 Å². The minimum Gasteiger partial charge on any atom is -0.383 e. The number of aromatic nitrogens is 2. The molecule has 3 rings (SSSR count). The molecular weight excluding hydrogens is 328 g/mol. The Kier molecular flexibility index (Phi) is 5.46. The van der Waals surface area contributed by atoms with Crippen LogP contribution in [0.1, 0.15) is 16.8 Å². The van der Waals surface area contributed by atoms with Crippen molar-refractivity contribution in [3.8, 4) is 0 Å². The molecular formula is C17H20N2O2S2. The van der Waals surface area contributed by atoms with Gasteiger partial charge in [-0.3, -0.25) is 9.36 Å². The van der Waals surface area contributed by atoms with Crippen LogP contribution in [0.15, 0.2) is 39.1 Å². The Morgan fingerprint density at radius 2 is 2.13 bits per heavy atom. The largest absolute Gasteiger partial charge is 0.383 e. The summed E-state index contributed by atoms with van der Waals surface area (Å²) in [5.41, 5.74) is 3.53. The summed E-state index contributed by atoms with van der Waals surface area (Å²) < 4.78 is 6.91. The molecule has 122 valence electrons. The van der Waals surface area contributed by atoms with Gasteiger partial charge in [-0.15, -0.1) is 11.8 Å². The zero-order chi connectivity index (χ0) is 16.2. The summed E-state index contributed by atoms with van der Waals surface area (Å²) in [7, 11) is 1.65. The van der Waals surface area contributed by atoms with E-state index in [1.807, 2.05) is 0 Å². The van der Waals surface area contributed by atoms with Crippen LogP contribution in [0.3, 0.4) is 0 Å². The van der Waals surface area contributed by atoms with E-state index in [0.29, 0.717) is 13.2 Å². The highest BCUT2D eigenvalue weighted by molar-refractivity contribution is 7.99. The molecule has 0 bridgehead atoms. The Hall–Kier alpha value is -1.24. The zero-order valence-electron chi connectivity index (χ0n) is 13.4. The summed E-state index contributed by atoms with van der Waals surface area (Å²) in [4.78, 5) is 18.2. The third-order valence-electron chi connectivity index (χ3n) is 3.76. The summed E-state index contributed by atoms with van der Waals surface area (Å²) in [6.45, 7) is 3.15. The van der Waals surface area contributed by atoms with E-state index in [9.17, 15) is 4.79 Å². The number of nitrogens with zero attached hydrogens (tertiary/aromatic N) is 2. The van der Waals surface area contributed by atoms with Gasteiger partial charge in [0.25, 0.3) is 5.56 Å². The molecule has 2 aromatic rings. The van der Waals surface area contributed by atoms with Gasteiger partial charge in [0.05, 0.1) is 23.7 Å². The fraction of sp³-hybridized carbons (Fsp3) is 0.412. The van der Waals surface area contributed by atoms with Gasteiger partial charge in [-0.25, -0.2) is 4.98 Å². The second kappa shape index (κ2) is 7.55. The summed E-state index contributed by atoms with van der Waals surface area (Å²) in [5, 5.41) is 0.800. The van der Waals surface area contributed by atoms with Gasteiger partial charge >= 0.3 is 0 Å². The molecule has 1 aromatic carbocycles. The number of thioether (sulfide) groups is 2. The van der Waals surface area contributed by atoms with Crippen LogP contribution in [-0.2, 0) is 23.5 Å². The highest BCUT2D eigenvalue weighted by Gasteiger charge is 2.21. The van der Waals surface area contributed by atoms with Crippen LogP contribution < -0.4 is 5.56 Å². The second-order valence-electron chi connectivity index (χ2n) is 5.49. The van der Waals surface area contributed by atoms with Crippen molar-refractivity contribution >= 4 is 23.5 Å². The average Bonchev–Trinajstić information content (AvgIpc) is 3.02. The van der Waals surface area contributed by atoms with Gasteiger partial charge in [0.15, 0.2) is 5.16 Å². The SMILES string of the molecule is COCCn1c(SCc2ccc(C)cc2)nc2c(c1=O)SCC2. The predicted octanol–water partition coefficient (Wildman–Crippen LogP) is 3.14. The molecule has 0 saturated heterocycles. The molecule has 0 spiro atoms. The lowest BCUT2D eigenvalue weighted by atomic mass is 10.2. The lowest BCUT2D eigenvalue weighted by molar-refractivity contribution is 0.182. The molecule has 0 radical (unpaired) electrons. The number of hydrogen-bond donors (Lipinski definition) is 0. The topological polar surface area (TPSA) is 44.1 Å². The maximum atomic E-state index is 12.7. The minimum absolute atomic E-state index is 0.0842. The molecule has 0 amide bonds. The molecule has 1 aromatic heterocycles. The second-order valence-corrected chi connectivity index (χ2v) is 7.54.